The zero-order chi connectivity index (χ0) is 16.8. The van der Waals surface area contributed by atoms with Crippen LogP contribution in [-0.4, -0.2) is 73.0 Å². The summed E-state index contributed by atoms with van der Waals surface area (Å²) in [7, 11) is 0. The molecule has 2 rings (SSSR count). The predicted molar refractivity (Wildman–Crippen MR) is 84.6 cm³/mol. The molecule has 0 bridgehead atoms. The van der Waals surface area contributed by atoms with Crippen LogP contribution in [-0.2, 0) is 19.1 Å². The Morgan fingerprint density at radius 3 is 2.52 bits per heavy atom. The van der Waals surface area contributed by atoms with E-state index in [0.717, 1.165) is 0 Å². The first-order valence-corrected chi connectivity index (χ1v) is 8.48. The second kappa shape index (κ2) is 8.29. The second-order valence-corrected chi connectivity index (χ2v) is 6.13. The number of hydrogen-bond acceptors (Lipinski definition) is 4. The van der Waals surface area contributed by atoms with Crippen LogP contribution in [0.5, 0.6) is 0 Å². The SMILES string of the molecule is CCOCC(=O)N1CCC(C(=O)N[C@H]2CC(=O)N(CC)C2)CC1. The van der Waals surface area contributed by atoms with Crippen LogP contribution in [0, 0.1) is 5.92 Å². The number of rotatable bonds is 6. The number of nitrogens with zero attached hydrogens (tertiary/aromatic N) is 2. The van der Waals surface area contributed by atoms with Gasteiger partial charge in [-0.2, -0.15) is 0 Å². The van der Waals surface area contributed by atoms with Crippen LogP contribution in [0.2, 0.25) is 0 Å². The lowest BCUT2D eigenvalue weighted by Gasteiger charge is -2.31. The van der Waals surface area contributed by atoms with E-state index in [1.54, 1.807) is 9.80 Å². The van der Waals surface area contributed by atoms with Crippen molar-refractivity contribution in [3.8, 4) is 0 Å². The fraction of sp³-hybridized carbons (Fsp3) is 0.812. The molecule has 0 aromatic rings. The number of likely N-dealkylation sites (N-methyl/N-ethyl adjacent to an activating group) is 1. The normalized spacial score (nSPS) is 22.5. The van der Waals surface area contributed by atoms with Crippen molar-refractivity contribution in [3.63, 3.8) is 0 Å². The van der Waals surface area contributed by atoms with Crippen molar-refractivity contribution < 1.29 is 19.1 Å². The number of amides is 3. The fourth-order valence-corrected chi connectivity index (χ4v) is 3.17. The molecule has 1 atom stereocenters. The maximum Gasteiger partial charge on any atom is 0.248 e. The van der Waals surface area contributed by atoms with Gasteiger partial charge in [0.15, 0.2) is 0 Å². The molecular weight excluding hydrogens is 298 g/mol. The average Bonchev–Trinajstić information content (AvgIpc) is 2.92. The monoisotopic (exact) mass is 325 g/mol. The molecule has 23 heavy (non-hydrogen) atoms. The minimum absolute atomic E-state index is 0.00862. The summed E-state index contributed by atoms with van der Waals surface area (Å²) in [6.07, 6.45) is 1.73. The molecule has 2 aliphatic rings. The number of likely N-dealkylation sites (tertiary alicyclic amines) is 2. The Morgan fingerprint density at radius 1 is 1.26 bits per heavy atom. The van der Waals surface area contributed by atoms with Crippen LogP contribution in [0.15, 0.2) is 0 Å². The van der Waals surface area contributed by atoms with Crippen molar-refractivity contribution in [2.24, 2.45) is 5.92 Å². The molecule has 0 aliphatic carbocycles. The van der Waals surface area contributed by atoms with Gasteiger partial charge in [-0.3, -0.25) is 14.4 Å². The largest absolute Gasteiger partial charge is 0.372 e. The maximum absolute atomic E-state index is 12.3. The zero-order valence-corrected chi connectivity index (χ0v) is 14.0. The van der Waals surface area contributed by atoms with Gasteiger partial charge in [0.05, 0.1) is 6.04 Å². The molecule has 2 heterocycles. The van der Waals surface area contributed by atoms with Crippen molar-refractivity contribution in [1.82, 2.24) is 15.1 Å². The quantitative estimate of drug-likeness (QED) is 0.745. The van der Waals surface area contributed by atoms with Gasteiger partial charge in [0.25, 0.3) is 0 Å². The van der Waals surface area contributed by atoms with Gasteiger partial charge in [0, 0.05) is 45.1 Å². The number of nitrogens with one attached hydrogen (secondary N) is 1. The van der Waals surface area contributed by atoms with Gasteiger partial charge in [0.2, 0.25) is 17.7 Å². The Morgan fingerprint density at radius 2 is 1.96 bits per heavy atom. The lowest BCUT2D eigenvalue weighted by Crippen LogP contribution is -2.46. The van der Waals surface area contributed by atoms with Crippen LogP contribution in [0.3, 0.4) is 0 Å². The number of ether oxygens (including phenoxy) is 1. The first-order valence-electron chi connectivity index (χ1n) is 8.48. The van der Waals surface area contributed by atoms with Gasteiger partial charge in [0.1, 0.15) is 6.61 Å². The summed E-state index contributed by atoms with van der Waals surface area (Å²) in [6, 6.07) is -0.0763. The number of carbonyl (C=O) groups is 3. The van der Waals surface area contributed by atoms with E-state index >= 15 is 0 Å². The number of hydrogen-bond donors (Lipinski definition) is 1. The third-order valence-electron chi connectivity index (χ3n) is 4.59. The lowest BCUT2D eigenvalue weighted by molar-refractivity contribution is -0.139. The topological polar surface area (TPSA) is 79.0 Å². The highest BCUT2D eigenvalue weighted by Gasteiger charge is 2.32. The summed E-state index contributed by atoms with van der Waals surface area (Å²) in [4.78, 5) is 39.4. The van der Waals surface area contributed by atoms with E-state index in [-0.39, 0.29) is 36.3 Å². The predicted octanol–water partition coefficient (Wildman–Crippen LogP) is -0.00150. The molecule has 0 aromatic heterocycles. The van der Waals surface area contributed by atoms with E-state index in [0.29, 0.717) is 52.0 Å². The third-order valence-corrected chi connectivity index (χ3v) is 4.59. The van der Waals surface area contributed by atoms with Crippen molar-refractivity contribution in [1.29, 1.82) is 0 Å². The summed E-state index contributed by atoms with van der Waals surface area (Å²) in [5.74, 6) is 0.0365. The molecule has 0 aromatic carbocycles. The summed E-state index contributed by atoms with van der Waals surface area (Å²) in [6.45, 7) is 6.92. The molecule has 1 N–H and O–H groups in total. The van der Waals surface area contributed by atoms with Gasteiger partial charge < -0.3 is 19.9 Å². The van der Waals surface area contributed by atoms with E-state index in [1.807, 2.05) is 13.8 Å². The molecule has 0 saturated carbocycles. The first kappa shape index (κ1) is 17.7. The molecule has 2 saturated heterocycles. The van der Waals surface area contributed by atoms with Crippen molar-refractivity contribution in [2.45, 2.75) is 39.2 Å². The molecule has 2 fully saturated rings. The van der Waals surface area contributed by atoms with E-state index in [9.17, 15) is 14.4 Å². The Kier molecular flexibility index (Phi) is 6.38. The Hall–Kier alpha value is -1.63. The van der Waals surface area contributed by atoms with E-state index in [4.69, 9.17) is 4.74 Å². The van der Waals surface area contributed by atoms with Gasteiger partial charge in [-0.25, -0.2) is 0 Å². The van der Waals surface area contributed by atoms with Crippen molar-refractivity contribution in [2.75, 3.05) is 39.4 Å². The number of piperidine rings is 1. The molecule has 0 radical (unpaired) electrons. The lowest BCUT2D eigenvalue weighted by atomic mass is 9.95. The second-order valence-electron chi connectivity index (χ2n) is 6.13. The maximum atomic E-state index is 12.3. The molecule has 7 heteroatoms. The first-order chi connectivity index (χ1) is 11.0. The van der Waals surface area contributed by atoms with Crippen LogP contribution >= 0.6 is 0 Å². The summed E-state index contributed by atoms with van der Waals surface area (Å²) in [5, 5.41) is 2.99. The Bertz CT molecular complexity index is 447. The van der Waals surface area contributed by atoms with Gasteiger partial charge in [-0.1, -0.05) is 0 Å². The zero-order valence-electron chi connectivity index (χ0n) is 14.0. The fourth-order valence-electron chi connectivity index (χ4n) is 3.17. The van der Waals surface area contributed by atoms with Gasteiger partial charge in [-0.15, -0.1) is 0 Å². The Labute approximate surface area is 137 Å². The standard InChI is InChI=1S/C16H27N3O4/c1-3-18-10-13(9-14(18)20)17-16(22)12-5-7-19(8-6-12)15(21)11-23-4-2/h12-13H,3-11H2,1-2H3,(H,17,22)/t13-/m0/s1. The highest BCUT2D eigenvalue weighted by molar-refractivity contribution is 5.83. The highest BCUT2D eigenvalue weighted by atomic mass is 16.5. The Balaban J connectivity index is 1.74. The van der Waals surface area contributed by atoms with Crippen LogP contribution in [0.25, 0.3) is 0 Å². The smallest absolute Gasteiger partial charge is 0.248 e. The molecule has 130 valence electrons. The molecule has 3 amide bonds. The minimum atomic E-state index is -0.0763. The summed E-state index contributed by atoms with van der Waals surface area (Å²) in [5.41, 5.74) is 0. The molecule has 2 aliphatic heterocycles. The van der Waals surface area contributed by atoms with Gasteiger partial charge >= 0.3 is 0 Å². The van der Waals surface area contributed by atoms with Crippen molar-refractivity contribution in [3.05, 3.63) is 0 Å². The van der Waals surface area contributed by atoms with Crippen molar-refractivity contribution >= 4 is 17.7 Å². The van der Waals surface area contributed by atoms with Crippen LogP contribution in [0.4, 0.5) is 0 Å². The number of carbonyl (C=O) groups excluding carboxylic acids is 3. The third kappa shape index (κ3) is 4.67. The molecule has 0 spiro atoms. The van der Waals surface area contributed by atoms with Gasteiger partial charge in [-0.05, 0) is 26.7 Å². The average molecular weight is 325 g/mol. The van der Waals surface area contributed by atoms with Crippen LogP contribution in [0.1, 0.15) is 33.1 Å². The summed E-state index contributed by atoms with van der Waals surface area (Å²) < 4.78 is 5.14. The molecular formula is C16H27N3O4. The van der Waals surface area contributed by atoms with E-state index in [1.165, 1.54) is 0 Å². The van der Waals surface area contributed by atoms with Crippen LogP contribution < -0.4 is 5.32 Å². The van der Waals surface area contributed by atoms with E-state index in [2.05, 4.69) is 5.32 Å². The molecule has 7 nitrogen and oxygen atoms in total. The summed E-state index contributed by atoms with van der Waals surface area (Å²) >= 11 is 0. The van der Waals surface area contributed by atoms with E-state index < -0.39 is 0 Å². The minimum Gasteiger partial charge on any atom is -0.372 e. The molecule has 0 unspecified atom stereocenters. The highest BCUT2D eigenvalue weighted by Crippen LogP contribution is 2.19.